The Balaban J connectivity index is 1.83. The van der Waals surface area contributed by atoms with Crippen molar-refractivity contribution in [2.24, 2.45) is 0 Å². The summed E-state index contributed by atoms with van der Waals surface area (Å²) in [6, 6.07) is 0. The molecule has 0 amide bonds. The molecule has 2 atom stereocenters. The van der Waals surface area contributed by atoms with E-state index in [1.54, 1.807) is 0 Å². The van der Waals surface area contributed by atoms with Gasteiger partial charge in [0, 0.05) is 0 Å². The smallest absolute Gasteiger partial charge is 0.350 e. The predicted molar refractivity (Wildman–Crippen MR) is 70.3 cm³/mol. The standard InChI is InChI=1S/C10H14N5O6P/c11-8-7-9(13-3-12-7)14-4-15(8)10(16)1-6(2-21-10)20-5-22(17,18)19/h3-4,6,11,16H,1-2,5H2,(H,12,13)(H2,17,18,19)/t6-,10?/m1/s1. The molecule has 11 nitrogen and oxygen atoms in total. The maximum atomic E-state index is 10.8. The zero-order chi connectivity index (χ0) is 16.0. The number of aliphatic hydroxyl groups is 1. The van der Waals surface area contributed by atoms with Gasteiger partial charge in [-0.1, -0.05) is 0 Å². The Morgan fingerprint density at radius 2 is 2.36 bits per heavy atom. The van der Waals surface area contributed by atoms with Gasteiger partial charge in [0.05, 0.1) is 25.5 Å². The first-order chi connectivity index (χ1) is 10.3. The second kappa shape index (κ2) is 5.23. The van der Waals surface area contributed by atoms with Gasteiger partial charge >= 0.3 is 7.60 Å². The number of nitrogens with zero attached hydrogens (tertiary/aromatic N) is 3. The lowest BCUT2D eigenvalue weighted by molar-refractivity contribution is -0.237. The minimum atomic E-state index is -4.29. The maximum Gasteiger partial charge on any atom is 0.350 e. The Morgan fingerprint density at radius 3 is 3.09 bits per heavy atom. The molecule has 12 heteroatoms. The first-order valence-corrected chi connectivity index (χ1v) is 8.06. The molecule has 0 saturated carbocycles. The number of hydrogen-bond donors (Lipinski definition) is 5. The fourth-order valence-electron chi connectivity index (χ4n) is 2.23. The quantitative estimate of drug-likeness (QED) is 0.435. The number of aromatic nitrogens is 4. The highest BCUT2D eigenvalue weighted by Crippen LogP contribution is 2.37. The minimum Gasteiger partial charge on any atom is -0.363 e. The fraction of sp³-hybridized carbons (Fsp3) is 0.500. The van der Waals surface area contributed by atoms with Crippen molar-refractivity contribution < 1.29 is 28.9 Å². The molecule has 2 aromatic rings. The Kier molecular flexibility index (Phi) is 3.63. The molecular formula is C10H14N5O6P. The predicted octanol–water partition coefficient (Wildman–Crippen LogP) is -1.22. The maximum absolute atomic E-state index is 10.8. The number of aromatic amines is 1. The topological polar surface area (TPSA) is 167 Å². The van der Waals surface area contributed by atoms with Crippen molar-refractivity contribution in [2.45, 2.75) is 18.4 Å². The monoisotopic (exact) mass is 331 g/mol. The summed E-state index contributed by atoms with van der Waals surface area (Å²) in [7, 11) is -4.29. The van der Waals surface area contributed by atoms with E-state index in [9.17, 15) is 9.67 Å². The van der Waals surface area contributed by atoms with Crippen molar-refractivity contribution in [3.05, 3.63) is 18.1 Å². The Labute approximate surface area is 123 Å². The van der Waals surface area contributed by atoms with E-state index in [1.807, 2.05) is 0 Å². The molecule has 120 valence electrons. The van der Waals surface area contributed by atoms with Gasteiger partial charge in [0.1, 0.15) is 18.2 Å². The van der Waals surface area contributed by atoms with Crippen LogP contribution in [0.3, 0.4) is 0 Å². The average molecular weight is 331 g/mol. The third kappa shape index (κ3) is 2.82. The second-order valence-corrected chi connectivity index (χ2v) is 6.49. The molecular weight excluding hydrogens is 317 g/mol. The van der Waals surface area contributed by atoms with E-state index >= 15 is 0 Å². The molecule has 1 fully saturated rings. The lowest BCUT2D eigenvalue weighted by Gasteiger charge is -2.24. The fourth-order valence-corrected chi connectivity index (χ4v) is 2.64. The van der Waals surface area contributed by atoms with Crippen molar-refractivity contribution in [1.82, 2.24) is 19.5 Å². The highest BCUT2D eigenvalue weighted by atomic mass is 31.2. The molecule has 5 N–H and O–H groups in total. The summed E-state index contributed by atoms with van der Waals surface area (Å²) in [6.45, 7) is -0.0655. The van der Waals surface area contributed by atoms with E-state index in [0.29, 0.717) is 11.2 Å². The van der Waals surface area contributed by atoms with Gasteiger partial charge in [-0.05, 0) is 0 Å². The van der Waals surface area contributed by atoms with E-state index in [2.05, 4.69) is 15.0 Å². The van der Waals surface area contributed by atoms with Crippen LogP contribution < -0.4 is 5.49 Å². The van der Waals surface area contributed by atoms with E-state index in [1.165, 1.54) is 12.7 Å². The van der Waals surface area contributed by atoms with Crippen molar-refractivity contribution >= 4 is 18.8 Å². The highest BCUT2D eigenvalue weighted by molar-refractivity contribution is 7.51. The highest BCUT2D eigenvalue weighted by Gasteiger charge is 2.42. The molecule has 0 radical (unpaired) electrons. The minimum absolute atomic E-state index is 0.0655. The van der Waals surface area contributed by atoms with Crippen LogP contribution in [-0.4, -0.2) is 53.5 Å². The number of hydrogen-bond acceptors (Lipinski definition) is 7. The van der Waals surface area contributed by atoms with Crippen LogP contribution in [0.25, 0.3) is 11.2 Å². The van der Waals surface area contributed by atoms with Crippen LogP contribution in [0, 0.1) is 5.41 Å². The average Bonchev–Trinajstić information content (AvgIpc) is 3.03. The van der Waals surface area contributed by atoms with Gasteiger partial charge in [-0.25, -0.2) is 9.97 Å². The zero-order valence-corrected chi connectivity index (χ0v) is 12.1. The molecule has 0 aromatic carbocycles. The largest absolute Gasteiger partial charge is 0.363 e. The van der Waals surface area contributed by atoms with Crippen LogP contribution in [0.5, 0.6) is 0 Å². The van der Waals surface area contributed by atoms with Crippen LogP contribution >= 0.6 is 7.60 Å². The third-order valence-electron chi connectivity index (χ3n) is 3.24. The normalized spacial score (nSPS) is 25.9. The van der Waals surface area contributed by atoms with Gasteiger partial charge < -0.3 is 29.4 Å². The van der Waals surface area contributed by atoms with Crippen molar-refractivity contribution in [3.63, 3.8) is 0 Å². The van der Waals surface area contributed by atoms with E-state index in [-0.39, 0.29) is 18.5 Å². The Bertz CT molecular complexity index is 798. The van der Waals surface area contributed by atoms with Crippen molar-refractivity contribution in [2.75, 3.05) is 13.0 Å². The summed E-state index contributed by atoms with van der Waals surface area (Å²) in [6.07, 6.45) is 1.04. The van der Waals surface area contributed by atoms with E-state index in [0.717, 1.165) is 4.57 Å². The molecule has 1 unspecified atom stereocenters. The lowest BCUT2D eigenvalue weighted by atomic mass is 10.2. The molecule has 1 saturated heterocycles. The van der Waals surface area contributed by atoms with Crippen molar-refractivity contribution in [3.8, 4) is 0 Å². The summed E-state index contributed by atoms with van der Waals surface area (Å²) < 4.78 is 22.2. The molecule has 3 rings (SSSR count). The first kappa shape index (κ1) is 15.3. The molecule has 3 heterocycles. The van der Waals surface area contributed by atoms with Crippen LogP contribution in [0.1, 0.15) is 6.42 Å². The zero-order valence-electron chi connectivity index (χ0n) is 11.2. The molecule has 1 aliphatic rings. The van der Waals surface area contributed by atoms with Gasteiger partial charge in [-0.2, -0.15) is 0 Å². The summed E-state index contributed by atoms with van der Waals surface area (Å²) in [5, 5.41) is 18.6. The van der Waals surface area contributed by atoms with E-state index in [4.69, 9.17) is 24.7 Å². The Morgan fingerprint density at radius 1 is 1.59 bits per heavy atom. The van der Waals surface area contributed by atoms with Crippen LogP contribution in [-0.2, 0) is 19.9 Å². The molecule has 0 bridgehead atoms. The molecule has 0 aliphatic carbocycles. The molecule has 1 aliphatic heterocycles. The van der Waals surface area contributed by atoms with Gasteiger partial charge in [0.25, 0.3) is 5.91 Å². The van der Waals surface area contributed by atoms with Crippen LogP contribution in [0.4, 0.5) is 0 Å². The van der Waals surface area contributed by atoms with Crippen LogP contribution in [0.2, 0.25) is 0 Å². The number of nitrogens with one attached hydrogen (secondary N) is 2. The third-order valence-corrected chi connectivity index (χ3v) is 3.73. The van der Waals surface area contributed by atoms with Gasteiger partial charge in [-0.15, -0.1) is 0 Å². The second-order valence-electron chi connectivity index (χ2n) is 4.91. The number of ether oxygens (including phenoxy) is 2. The number of imidazole rings is 1. The van der Waals surface area contributed by atoms with Gasteiger partial charge in [0.2, 0.25) is 0 Å². The number of H-pyrrole nitrogens is 1. The van der Waals surface area contributed by atoms with E-state index < -0.39 is 26.0 Å². The SMILES string of the molecule is N=c1c2[nH]cnc2ncn1C1(O)C[C@@H](OCP(=O)(O)O)CO1. The Hall–Kier alpha value is -1.62. The summed E-state index contributed by atoms with van der Waals surface area (Å²) in [5.41, 5.74) is 0.580. The number of fused-ring (bicyclic) bond motifs is 1. The van der Waals surface area contributed by atoms with Gasteiger partial charge in [-0.3, -0.25) is 14.5 Å². The van der Waals surface area contributed by atoms with Crippen molar-refractivity contribution in [1.29, 1.82) is 5.41 Å². The summed E-state index contributed by atoms with van der Waals surface area (Å²) in [5.74, 6) is -1.87. The molecule has 0 spiro atoms. The summed E-state index contributed by atoms with van der Waals surface area (Å²) >= 11 is 0. The molecule has 2 aromatic heterocycles. The van der Waals surface area contributed by atoms with Crippen LogP contribution in [0.15, 0.2) is 12.7 Å². The molecule has 22 heavy (non-hydrogen) atoms. The van der Waals surface area contributed by atoms with Gasteiger partial charge in [0.15, 0.2) is 11.1 Å². The first-order valence-electron chi connectivity index (χ1n) is 6.27. The summed E-state index contributed by atoms with van der Waals surface area (Å²) in [4.78, 5) is 28.2. The number of rotatable bonds is 4. The lowest BCUT2D eigenvalue weighted by Crippen LogP contribution is -2.41.